The quantitative estimate of drug-likeness (QED) is 0.515. The first kappa shape index (κ1) is 13.3. The Hall–Kier alpha value is -1.11. The summed E-state index contributed by atoms with van der Waals surface area (Å²) in [6.07, 6.45) is 5.01. The molecule has 0 heterocycles. The number of hydrogen-bond acceptors (Lipinski definition) is 1. The fraction of sp³-hybridized carbons (Fsp3) is 0.588. The van der Waals surface area contributed by atoms with Gasteiger partial charge in [0.05, 0.1) is 0 Å². The molecule has 0 bridgehead atoms. The Bertz CT molecular complexity index is 451. The van der Waals surface area contributed by atoms with Gasteiger partial charge in [-0.25, -0.2) is 0 Å². The van der Waals surface area contributed by atoms with Gasteiger partial charge in [0, 0.05) is 11.0 Å². The molecule has 0 spiro atoms. The maximum absolute atomic E-state index is 12.3. The van der Waals surface area contributed by atoms with Gasteiger partial charge in [0.1, 0.15) is 0 Å². The van der Waals surface area contributed by atoms with Crippen LogP contribution < -0.4 is 0 Å². The Kier molecular flexibility index (Phi) is 3.61. The van der Waals surface area contributed by atoms with Crippen molar-refractivity contribution in [2.75, 3.05) is 0 Å². The lowest BCUT2D eigenvalue weighted by Gasteiger charge is -2.19. The van der Waals surface area contributed by atoms with Gasteiger partial charge in [-0.1, -0.05) is 46.2 Å². The predicted octanol–water partition coefficient (Wildman–Crippen LogP) is 4.75. The number of hydrogen-bond donors (Lipinski definition) is 0. The second kappa shape index (κ2) is 4.87. The molecule has 1 aliphatic rings. The second-order valence-corrected chi connectivity index (χ2v) is 6.64. The average molecular weight is 244 g/mol. The molecule has 0 aliphatic heterocycles. The summed E-state index contributed by atoms with van der Waals surface area (Å²) in [5.41, 5.74) is 3.45. The molecule has 1 atom stereocenters. The van der Waals surface area contributed by atoms with Crippen molar-refractivity contribution in [2.24, 2.45) is 5.41 Å². The van der Waals surface area contributed by atoms with Crippen LogP contribution in [0.5, 0.6) is 0 Å². The molecule has 0 N–H and O–H groups in total. The third kappa shape index (κ3) is 2.66. The molecule has 0 saturated carbocycles. The molecule has 0 fully saturated rings. The first-order chi connectivity index (χ1) is 8.39. The van der Waals surface area contributed by atoms with Crippen LogP contribution in [-0.2, 0) is 6.42 Å². The fourth-order valence-corrected chi connectivity index (χ4v) is 2.78. The largest absolute Gasteiger partial charge is 0.294 e. The van der Waals surface area contributed by atoms with Crippen molar-refractivity contribution < 1.29 is 4.79 Å². The molecule has 0 radical (unpaired) electrons. The van der Waals surface area contributed by atoms with Crippen molar-refractivity contribution in [1.29, 1.82) is 0 Å². The maximum Gasteiger partial charge on any atom is 0.168 e. The predicted molar refractivity (Wildman–Crippen MR) is 76.2 cm³/mol. The molecule has 1 unspecified atom stereocenters. The third-order valence-electron chi connectivity index (χ3n) is 3.95. The van der Waals surface area contributed by atoms with Gasteiger partial charge in [-0.3, -0.25) is 4.79 Å². The highest BCUT2D eigenvalue weighted by Gasteiger charge is 2.24. The van der Waals surface area contributed by atoms with Crippen LogP contribution in [0.3, 0.4) is 0 Å². The van der Waals surface area contributed by atoms with Crippen LogP contribution in [0.2, 0.25) is 0 Å². The van der Waals surface area contributed by atoms with Crippen LogP contribution in [0.1, 0.15) is 74.4 Å². The van der Waals surface area contributed by atoms with E-state index in [1.54, 1.807) is 0 Å². The summed E-state index contributed by atoms with van der Waals surface area (Å²) < 4.78 is 0. The summed E-state index contributed by atoms with van der Waals surface area (Å²) in [6, 6.07) is 6.35. The number of aryl methyl sites for hydroxylation is 1. The van der Waals surface area contributed by atoms with Crippen LogP contribution in [0, 0.1) is 5.41 Å². The summed E-state index contributed by atoms with van der Waals surface area (Å²) in [4.78, 5) is 12.3. The van der Waals surface area contributed by atoms with E-state index in [4.69, 9.17) is 0 Å². The molecular weight excluding hydrogens is 220 g/mol. The van der Waals surface area contributed by atoms with Gasteiger partial charge < -0.3 is 0 Å². The van der Waals surface area contributed by atoms with Crippen molar-refractivity contribution in [1.82, 2.24) is 0 Å². The Morgan fingerprint density at radius 2 is 1.94 bits per heavy atom. The second-order valence-electron chi connectivity index (χ2n) is 6.64. The van der Waals surface area contributed by atoms with E-state index in [0.717, 1.165) is 5.56 Å². The number of carbonyl (C=O) groups is 1. The van der Waals surface area contributed by atoms with Gasteiger partial charge in [-0.05, 0) is 42.4 Å². The first-order valence-corrected chi connectivity index (χ1v) is 7.07. The molecule has 1 aromatic rings. The van der Waals surface area contributed by atoms with Gasteiger partial charge >= 0.3 is 0 Å². The molecule has 1 aliphatic carbocycles. The minimum absolute atomic E-state index is 0.252. The summed E-state index contributed by atoms with van der Waals surface area (Å²) >= 11 is 0. The fourth-order valence-electron chi connectivity index (χ4n) is 2.78. The van der Waals surface area contributed by atoms with E-state index >= 15 is 0 Å². The van der Waals surface area contributed by atoms with Gasteiger partial charge in [0.2, 0.25) is 0 Å². The molecule has 1 heteroatoms. The summed E-state index contributed by atoms with van der Waals surface area (Å²) in [5.74, 6) is 0.844. The van der Waals surface area contributed by atoms with E-state index in [1.807, 2.05) is 26.8 Å². The normalized spacial score (nSPS) is 20.1. The van der Waals surface area contributed by atoms with Gasteiger partial charge in [-0.2, -0.15) is 0 Å². The number of ketones is 1. The van der Waals surface area contributed by atoms with Crippen LogP contribution in [0.15, 0.2) is 18.2 Å². The minimum Gasteiger partial charge on any atom is -0.294 e. The Labute approximate surface area is 111 Å². The average Bonchev–Trinajstić information content (AvgIpc) is 2.49. The smallest absolute Gasteiger partial charge is 0.168 e. The van der Waals surface area contributed by atoms with Crippen LogP contribution in [0.4, 0.5) is 0 Å². The van der Waals surface area contributed by atoms with E-state index < -0.39 is 0 Å². The molecule has 98 valence electrons. The van der Waals surface area contributed by atoms with Crippen LogP contribution in [0.25, 0.3) is 0 Å². The lowest BCUT2D eigenvalue weighted by Crippen LogP contribution is -2.20. The Morgan fingerprint density at radius 3 is 2.61 bits per heavy atom. The SMILES string of the molecule is CC1CCCCc2ccc(C(=O)C(C)(C)C)cc21. The van der Waals surface area contributed by atoms with Crippen molar-refractivity contribution in [3.8, 4) is 0 Å². The number of Topliss-reactive ketones (excluding diaryl/α,β-unsaturated/α-hetero) is 1. The monoisotopic (exact) mass is 244 g/mol. The molecule has 18 heavy (non-hydrogen) atoms. The number of carbonyl (C=O) groups excluding carboxylic acids is 1. The van der Waals surface area contributed by atoms with E-state index in [2.05, 4.69) is 19.1 Å². The van der Waals surface area contributed by atoms with Gasteiger partial charge in [0.25, 0.3) is 0 Å². The lowest BCUT2D eigenvalue weighted by atomic mass is 9.84. The van der Waals surface area contributed by atoms with Crippen LogP contribution in [-0.4, -0.2) is 5.78 Å². The third-order valence-corrected chi connectivity index (χ3v) is 3.95. The zero-order chi connectivity index (χ0) is 13.3. The number of rotatable bonds is 1. The molecular formula is C17H24O. The topological polar surface area (TPSA) is 17.1 Å². The summed E-state index contributed by atoms with van der Waals surface area (Å²) in [7, 11) is 0. The van der Waals surface area contributed by atoms with Crippen molar-refractivity contribution >= 4 is 5.78 Å². The zero-order valence-electron chi connectivity index (χ0n) is 12.0. The van der Waals surface area contributed by atoms with E-state index in [-0.39, 0.29) is 11.2 Å². The van der Waals surface area contributed by atoms with Crippen molar-refractivity contribution in [3.63, 3.8) is 0 Å². The zero-order valence-corrected chi connectivity index (χ0v) is 12.0. The summed E-state index contributed by atoms with van der Waals surface area (Å²) in [5, 5.41) is 0. The molecule has 0 saturated heterocycles. The first-order valence-electron chi connectivity index (χ1n) is 7.07. The Morgan fingerprint density at radius 1 is 1.22 bits per heavy atom. The van der Waals surface area contributed by atoms with E-state index in [9.17, 15) is 4.79 Å². The van der Waals surface area contributed by atoms with E-state index in [1.165, 1.54) is 36.8 Å². The Balaban J connectivity index is 2.40. The highest BCUT2D eigenvalue weighted by Crippen LogP contribution is 2.32. The molecule has 2 rings (SSSR count). The van der Waals surface area contributed by atoms with Crippen molar-refractivity contribution in [3.05, 3.63) is 34.9 Å². The number of benzene rings is 1. The summed E-state index contributed by atoms with van der Waals surface area (Å²) in [6.45, 7) is 8.26. The van der Waals surface area contributed by atoms with Crippen molar-refractivity contribution in [2.45, 2.75) is 59.3 Å². The minimum atomic E-state index is -0.289. The molecule has 0 amide bonds. The highest BCUT2D eigenvalue weighted by atomic mass is 16.1. The highest BCUT2D eigenvalue weighted by molar-refractivity contribution is 6.00. The maximum atomic E-state index is 12.3. The molecule has 0 aromatic heterocycles. The lowest BCUT2D eigenvalue weighted by molar-refractivity contribution is 0.0858. The number of fused-ring (bicyclic) bond motifs is 1. The van der Waals surface area contributed by atoms with Gasteiger partial charge in [-0.15, -0.1) is 0 Å². The standard InChI is InChI=1S/C17H24O/c1-12-7-5-6-8-13-9-10-14(11-15(12)13)16(18)17(2,3)4/h9-12H,5-8H2,1-4H3. The molecule has 1 nitrogen and oxygen atoms in total. The van der Waals surface area contributed by atoms with Gasteiger partial charge in [0.15, 0.2) is 5.78 Å². The molecule has 1 aromatic carbocycles. The van der Waals surface area contributed by atoms with Crippen LogP contribution >= 0.6 is 0 Å². The van der Waals surface area contributed by atoms with E-state index in [0.29, 0.717) is 5.92 Å².